The van der Waals surface area contributed by atoms with Gasteiger partial charge in [0, 0.05) is 26.4 Å². The molecule has 26 nitrogen and oxygen atoms in total. The highest BCUT2D eigenvalue weighted by atomic mass is 16.4. The van der Waals surface area contributed by atoms with Crippen molar-refractivity contribution in [1.82, 2.24) is 42.1 Å². The molecule has 1 aliphatic carbocycles. The fourth-order valence-corrected chi connectivity index (χ4v) is 9.18. The van der Waals surface area contributed by atoms with Crippen LogP contribution < -0.4 is 54.4 Å². The number of hydrogen-bond donors (Lipinski definition) is 13. The summed E-state index contributed by atoms with van der Waals surface area (Å²) in [5, 5.41) is 47.1. The van der Waals surface area contributed by atoms with Crippen LogP contribution in [0.4, 0.5) is 0 Å². The Bertz CT molecular complexity index is 2250. The number of aromatic hydroxyl groups is 1. The summed E-state index contributed by atoms with van der Waals surface area (Å²) in [6, 6.07) is -5.33. The van der Waals surface area contributed by atoms with Crippen LogP contribution in [0.15, 0.2) is 29.3 Å². The summed E-state index contributed by atoms with van der Waals surface area (Å²) < 4.78 is 0. The molecule has 8 atom stereocenters. The molecule has 2 aliphatic rings. The maximum atomic E-state index is 14.3. The number of carbonyl (C=O) groups excluding carboxylic acids is 9. The number of aliphatic imine (C=N–C) groups is 1. The molecule has 428 valence electrons. The predicted molar refractivity (Wildman–Crippen MR) is 279 cm³/mol. The number of likely N-dealkylation sites (tertiary alicyclic amines) is 1. The van der Waals surface area contributed by atoms with E-state index in [4.69, 9.17) is 17.2 Å². The van der Waals surface area contributed by atoms with Gasteiger partial charge < -0.3 is 74.6 Å². The first-order chi connectivity index (χ1) is 36.2. The number of hydrogen-bond acceptors (Lipinski definition) is 13. The van der Waals surface area contributed by atoms with Crippen LogP contribution in [0.1, 0.15) is 130 Å². The average molecular weight is 1090 g/mol. The van der Waals surface area contributed by atoms with E-state index in [9.17, 15) is 68.1 Å². The van der Waals surface area contributed by atoms with Crippen molar-refractivity contribution in [2.45, 2.75) is 179 Å². The molecule has 77 heavy (non-hydrogen) atoms. The number of unbranched alkanes of at least 4 members (excludes halogenated alkanes) is 1. The number of rotatable bonds is 32. The highest BCUT2D eigenvalue weighted by Crippen LogP contribution is 2.28. The third kappa shape index (κ3) is 22.7. The third-order valence-electron chi connectivity index (χ3n) is 13.1. The molecule has 1 saturated carbocycles. The number of nitrogens with two attached hydrogens (primary N) is 3. The molecular formula is C51H80N12O14. The normalized spacial score (nSPS) is 17.1. The van der Waals surface area contributed by atoms with E-state index in [1.54, 1.807) is 27.7 Å². The smallest absolute Gasteiger partial charge is 0.305 e. The van der Waals surface area contributed by atoms with Crippen LogP contribution in [0.3, 0.4) is 0 Å². The second-order valence-electron chi connectivity index (χ2n) is 20.7. The number of carboxylic acid groups (broad SMARTS) is 2. The second-order valence-corrected chi connectivity index (χ2v) is 20.7. The molecule has 1 aromatic carbocycles. The van der Waals surface area contributed by atoms with Gasteiger partial charge in [-0.15, -0.1) is 0 Å². The molecule has 1 unspecified atom stereocenters. The largest absolute Gasteiger partial charge is 0.508 e. The van der Waals surface area contributed by atoms with Crippen molar-refractivity contribution in [1.29, 1.82) is 0 Å². The van der Waals surface area contributed by atoms with Gasteiger partial charge >= 0.3 is 11.9 Å². The minimum Gasteiger partial charge on any atom is -0.508 e. The van der Waals surface area contributed by atoms with E-state index < -0.39 is 126 Å². The van der Waals surface area contributed by atoms with Gasteiger partial charge in [0.25, 0.3) is 0 Å². The first-order valence-corrected chi connectivity index (χ1v) is 26.2. The molecule has 1 aromatic rings. The zero-order valence-corrected chi connectivity index (χ0v) is 44.6. The van der Waals surface area contributed by atoms with Crippen LogP contribution in [-0.4, -0.2) is 153 Å². The van der Waals surface area contributed by atoms with Crippen molar-refractivity contribution in [2.75, 3.05) is 13.1 Å². The SMILES string of the molecule is CC(=O)N[C@@H](CC(=O)O)C(=O)N[C@@H](CC1CCCCC1)C(=O)N[C@@H](CC(C)C)C(=O)N1CCC1C(=O)N[C@@H](CC(=O)O)C(=O)N[C@@H](Cc1ccc(O)cc1)C(=O)N[C@@H](CC(C)C)C(=O)N[C@@H](CCCCN=C(N)N)C(N)=O. The Labute approximate surface area is 448 Å². The molecule has 0 spiro atoms. The predicted octanol–water partition coefficient (Wildman–Crippen LogP) is -1.11. The van der Waals surface area contributed by atoms with Gasteiger partial charge in [-0.05, 0) is 80.4 Å². The summed E-state index contributed by atoms with van der Waals surface area (Å²) in [7, 11) is 0. The van der Waals surface area contributed by atoms with Crippen molar-refractivity contribution in [3.8, 4) is 5.75 Å². The number of phenols is 1. The fraction of sp³-hybridized carbons (Fsp3) is 0.647. The summed E-state index contributed by atoms with van der Waals surface area (Å²) >= 11 is 0. The first kappa shape index (κ1) is 63.8. The van der Waals surface area contributed by atoms with Crippen molar-refractivity contribution in [3.63, 3.8) is 0 Å². The highest BCUT2D eigenvalue weighted by Gasteiger charge is 2.43. The van der Waals surface area contributed by atoms with Crippen LogP contribution >= 0.6 is 0 Å². The molecule has 2 fully saturated rings. The molecule has 26 heteroatoms. The summed E-state index contributed by atoms with van der Waals surface area (Å²) in [5.41, 5.74) is 16.8. The summed E-state index contributed by atoms with van der Waals surface area (Å²) in [6.07, 6.45) is 3.71. The number of carbonyl (C=O) groups is 11. The van der Waals surface area contributed by atoms with Gasteiger partial charge in [-0.25, -0.2) is 0 Å². The number of nitrogens with one attached hydrogen (secondary N) is 7. The van der Waals surface area contributed by atoms with Crippen molar-refractivity contribution in [3.05, 3.63) is 29.8 Å². The number of amides is 9. The molecule has 0 aromatic heterocycles. The van der Waals surface area contributed by atoms with Gasteiger partial charge in [-0.1, -0.05) is 71.9 Å². The molecular weight excluding hydrogens is 1000 g/mol. The Morgan fingerprint density at radius 1 is 0.610 bits per heavy atom. The highest BCUT2D eigenvalue weighted by molar-refractivity contribution is 5.99. The van der Waals surface area contributed by atoms with Gasteiger partial charge in [-0.3, -0.25) is 57.7 Å². The zero-order chi connectivity index (χ0) is 57.5. The van der Waals surface area contributed by atoms with E-state index in [-0.39, 0.29) is 81.1 Å². The van der Waals surface area contributed by atoms with Gasteiger partial charge in [0.05, 0.1) is 12.8 Å². The molecule has 9 amide bonds. The number of guanidine groups is 1. The lowest BCUT2D eigenvalue weighted by molar-refractivity contribution is -0.151. The zero-order valence-electron chi connectivity index (χ0n) is 44.6. The van der Waals surface area contributed by atoms with Crippen molar-refractivity contribution < 1.29 is 68.1 Å². The number of carboxylic acids is 2. The minimum absolute atomic E-state index is 0.0102. The minimum atomic E-state index is -1.82. The molecule has 1 aliphatic heterocycles. The summed E-state index contributed by atoms with van der Waals surface area (Å²) in [6.45, 7) is 8.58. The Hall–Kier alpha value is -7.54. The standard InChI is InChI=1S/C51H80N12O14/c1-27(2)21-34(44(71)57-33(43(52)70)13-9-10-19-55-51(53)54)58-45(72)36(24-31-14-16-32(65)17-15-31)60-48(75)38(26-42(68)69)61-49(76)40-18-20-63(40)50(77)39(22-28(3)4)62-46(73)35(23-30-11-7-6-8-12-30)59-47(74)37(25-41(66)67)56-29(5)64/h14-17,27-28,30,33-40,65H,6-13,18-26H2,1-5H3,(H2,52,70)(H,56,64)(H,57,71)(H,58,72)(H,59,74)(H,60,75)(H,61,76)(H,62,73)(H,66,67)(H,68,69)(H4,53,54,55)/t33-,34-,35-,36-,37-,38-,39-,40?/m0/s1. The lowest BCUT2D eigenvalue weighted by atomic mass is 9.84. The number of primary amides is 1. The topological polar surface area (TPSA) is 426 Å². The Balaban J connectivity index is 1.86. The average Bonchev–Trinajstić information content (AvgIpc) is 3.31. The molecule has 1 saturated heterocycles. The number of benzene rings is 1. The maximum absolute atomic E-state index is 14.3. The van der Waals surface area contributed by atoms with E-state index in [1.807, 2.05) is 0 Å². The van der Waals surface area contributed by atoms with Gasteiger partial charge in [0.1, 0.15) is 54.1 Å². The molecule has 1 heterocycles. The van der Waals surface area contributed by atoms with E-state index in [0.717, 1.165) is 39.0 Å². The number of aliphatic carboxylic acids is 2. The van der Waals surface area contributed by atoms with Gasteiger partial charge in [0.15, 0.2) is 5.96 Å². The molecule has 16 N–H and O–H groups in total. The molecule has 0 radical (unpaired) electrons. The van der Waals surface area contributed by atoms with E-state index in [1.165, 1.54) is 29.2 Å². The quantitative estimate of drug-likeness (QED) is 0.0231. The van der Waals surface area contributed by atoms with E-state index >= 15 is 0 Å². The summed E-state index contributed by atoms with van der Waals surface area (Å²) in [4.78, 5) is 151. The first-order valence-electron chi connectivity index (χ1n) is 26.2. The van der Waals surface area contributed by atoms with Crippen molar-refractivity contribution >= 4 is 71.1 Å². The van der Waals surface area contributed by atoms with E-state index in [0.29, 0.717) is 18.4 Å². The Kier molecular flexibility index (Phi) is 26.1. The molecule has 3 rings (SSSR count). The van der Waals surface area contributed by atoms with Crippen LogP contribution in [0.5, 0.6) is 5.75 Å². The number of nitrogens with zero attached hydrogens (tertiary/aromatic N) is 2. The monoisotopic (exact) mass is 1080 g/mol. The Morgan fingerprint density at radius 2 is 1.10 bits per heavy atom. The third-order valence-corrected chi connectivity index (χ3v) is 13.1. The van der Waals surface area contributed by atoms with Crippen LogP contribution in [0, 0.1) is 17.8 Å². The van der Waals surface area contributed by atoms with Crippen LogP contribution in [-0.2, 0) is 59.2 Å². The van der Waals surface area contributed by atoms with Gasteiger partial charge in [0.2, 0.25) is 53.2 Å². The lowest BCUT2D eigenvalue weighted by Gasteiger charge is -2.42. The molecule has 0 bridgehead atoms. The second kappa shape index (κ2) is 31.5. The van der Waals surface area contributed by atoms with Crippen LogP contribution in [0.25, 0.3) is 0 Å². The summed E-state index contributed by atoms with van der Waals surface area (Å²) in [5.74, 6) is -11.0. The lowest BCUT2D eigenvalue weighted by Crippen LogP contribution is -2.65. The Morgan fingerprint density at radius 3 is 1.62 bits per heavy atom. The maximum Gasteiger partial charge on any atom is 0.305 e. The van der Waals surface area contributed by atoms with Crippen molar-refractivity contribution in [2.24, 2.45) is 39.9 Å². The van der Waals surface area contributed by atoms with Gasteiger partial charge in [-0.2, -0.15) is 0 Å². The fourth-order valence-electron chi connectivity index (χ4n) is 9.18. The van der Waals surface area contributed by atoms with E-state index in [2.05, 4.69) is 42.2 Å². The number of phenolic OH excluding ortho intramolecular Hbond substituents is 1. The van der Waals surface area contributed by atoms with Crippen LogP contribution in [0.2, 0.25) is 0 Å².